The van der Waals surface area contributed by atoms with Gasteiger partial charge in [0.25, 0.3) is 0 Å². The number of nitrogens with zero attached hydrogens (tertiary/aromatic N) is 1. The predicted octanol–water partition coefficient (Wildman–Crippen LogP) is 3.50. The van der Waals surface area contributed by atoms with Gasteiger partial charge in [0.15, 0.2) is 0 Å². The lowest BCUT2D eigenvalue weighted by Crippen LogP contribution is -2.24. The van der Waals surface area contributed by atoms with Crippen molar-refractivity contribution in [1.29, 1.82) is 0 Å². The number of rotatable bonds is 6. The van der Waals surface area contributed by atoms with Crippen LogP contribution in [0.2, 0.25) is 0 Å². The van der Waals surface area contributed by atoms with Crippen molar-refractivity contribution in [2.75, 3.05) is 11.9 Å². The van der Waals surface area contributed by atoms with E-state index in [0.717, 1.165) is 25.1 Å². The van der Waals surface area contributed by atoms with E-state index in [1.807, 2.05) is 13.0 Å². The molecule has 3 nitrogen and oxygen atoms in total. The number of aryl methyl sites for hydroxylation is 1. The molecule has 0 bridgehead atoms. The Balaban J connectivity index is 2.17. The third-order valence-electron chi connectivity index (χ3n) is 3.78. The molecule has 1 heterocycles. The molecule has 2 N–H and O–H groups in total. The van der Waals surface area contributed by atoms with Gasteiger partial charge in [-0.15, -0.1) is 0 Å². The summed E-state index contributed by atoms with van der Waals surface area (Å²) in [6.07, 6.45) is 3.66. The predicted molar refractivity (Wildman–Crippen MR) is 84.0 cm³/mol. The fourth-order valence-electron chi connectivity index (χ4n) is 2.40. The van der Waals surface area contributed by atoms with E-state index in [0.29, 0.717) is 0 Å². The molecular weight excluding hydrogens is 248 g/mol. The lowest BCUT2D eigenvalue weighted by Gasteiger charge is -2.23. The topological polar surface area (TPSA) is 42.4 Å². The highest BCUT2D eigenvalue weighted by Crippen LogP contribution is 2.23. The first-order chi connectivity index (χ1) is 9.61. The van der Waals surface area contributed by atoms with Crippen molar-refractivity contribution in [1.82, 2.24) is 0 Å². The van der Waals surface area contributed by atoms with Gasteiger partial charge < -0.3 is 15.1 Å². The van der Waals surface area contributed by atoms with E-state index < -0.39 is 0 Å². The minimum Gasteiger partial charge on any atom is -0.469 e. The molecule has 0 spiro atoms. The molecule has 0 amide bonds. The quantitative estimate of drug-likeness (QED) is 0.875. The van der Waals surface area contributed by atoms with E-state index in [-0.39, 0.29) is 6.04 Å². The molecule has 3 heteroatoms. The van der Waals surface area contributed by atoms with Gasteiger partial charge >= 0.3 is 0 Å². The molecule has 0 saturated carbocycles. The first-order valence-electron chi connectivity index (χ1n) is 7.19. The summed E-state index contributed by atoms with van der Waals surface area (Å²) in [5.41, 5.74) is 9.88. The van der Waals surface area contributed by atoms with E-state index in [2.05, 4.69) is 43.1 Å². The molecule has 1 unspecified atom stereocenters. The summed E-state index contributed by atoms with van der Waals surface area (Å²) in [6, 6.07) is 10.7. The summed E-state index contributed by atoms with van der Waals surface area (Å²) in [7, 11) is 2.11. The monoisotopic (exact) mass is 272 g/mol. The van der Waals surface area contributed by atoms with Crippen molar-refractivity contribution in [3.05, 3.63) is 53.5 Å². The second kappa shape index (κ2) is 6.62. The SMILES string of the molecule is CCC(N)Cc1ccccc1N(C)Cc1ccoc1C. The fourth-order valence-corrected chi connectivity index (χ4v) is 2.40. The molecule has 0 aliphatic heterocycles. The third kappa shape index (κ3) is 3.42. The van der Waals surface area contributed by atoms with Crippen LogP contribution in [-0.4, -0.2) is 13.1 Å². The Labute approximate surface area is 121 Å². The molecule has 1 atom stereocenters. The van der Waals surface area contributed by atoms with Crippen molar-refractivity contribution in [2.24, 2.45) is 5.73 Å². The van der Waals surface area contributed by atoms with E-state index in [4.69, 9.17) is 10.2 Å². The fraction of sp³-hybridized carbons (Fsp3) is 0.412. The number of nitrogens with two attached hydrogens (primary N) is 1. The molecule has 1 aromatic heterocycles. The van der Waals surface area contributed by atoms with Crippen molar-refractivity contribution in [3.8, 4) is 0 Å². The molecular formula is C17H24N2O. The van der Waals surface area contributed by atoms with Gasteiger partial charge in [-0.05, 0) is 37.5 Å². The lowest BCUT2D eigenvalue weighted by atomic mass is 10.0. The van der Waals surface area contributed by atoms with Crippen molar-refractivity contribution < 1.29 is 4.42 Å². The number of benzene rings is 1. The number of anilines is 1. The first-order valence-corrected chi connectivity index (χ1v) is 7.19. The first kappa shape index (κ1) is 14.7. The Morgan fingerprint density at radius 3 is 2.60 bits per heavy atom. The number of para-hydroxylation sites is 1. The second-order valence-electron chi connectivity index (χ2n) is 5.36. The summed E-state index contributed by atoms with van der Waals surface area (Å²) >= 11 is 0. The second-order valence-corrected chi connectivity index (χ2v) is 5.36. The third-order valence-corrected chi connectivity index (χ3v) is 3.78. The van der Waals surface area contributed by atoms with Gasteiger partial charge in [-0.25, -0.2) is 0 Å². The van der Waals surface area contributed by atoms with Crippen LogP contribution in [0.25, 0.3) is 0 Å². The summed E-state index contributed by atoms with van der Waals surface area (Å²) in [5.74, 6) is 0.986. The molecule has 2 aromatic rings. The Hall–Kier alpha value is -1.74. The molecule has 0 saturated heterocycles. The molecule has 20 heavy (non-hydrogen) atoms. The maximum atomic E-state index is 6.10. The van der Waals surface area contributed by atoms with Crippen molar-refractivity contribution >= 4 is 5.69 Å². The molecule has 0 fully saturated rings. The van der Waals surface area contributed by atoms with Gasteiger partial charge in [0.1, 0.15) is 5.76 Å². The van der Waals surface area contributed by atoms with Crippen LogP contribution >= 0.6 is 0 Å². The van der Waals surface area contributed by atoms with Gasteiger partial charge in [0, 0.05) is 30.9 Å². The van der Waals surface area contributed by atoms with E-state index >= 15 is 0 Å². The van der Waals surface area contributed by atoms with Crippen LogP contribution < -0.4 is 10.6 Å². The van der Waals surface area contributed by atoms with Gasteiger partial charge in [-0.2, -0.15) is 0 Å². The smallest absolute Gasteiger partial charge is 0.105 e. The minimum atomic E-state index is 0.222. The molecule has 0 aliphatic rings. The Bertz CT molecular complexity index is 547. The largest absolute Gasteiger partial charge is 0.469 e. The Morgan fingerprint density at radius 2 is 1.95 bits per heavy atom. The molecule has 2 rings (SSSR count). The average molecular weight is 272 g/mol. The van der Waals surface area contributed by atoms with Crippen LogP contribution in [0.15, 0.2) is 41.0 Å². The average Bonchev–Trinajstić information content (AvgIpc) is 2.84. The zero-order valence-electron chi connectivity index (χ0n) is 12.6. The highest BCUT2D eigenvalue weighted by Gasteiger charge is 2.11. The van der Waals surface area contributed by atoms with Gasteiger partial charge in [-0.1, -0.05) is 25.1 Å². The summed E-state index contributed by atoms with van der Waals surface area (Å²) in [5, 5.41) is 0. The van der Waals surface area contributed by atoms with E-state index in [1.165, 1.54) is 16.8 Å². The highest BCUT2D eigenvalue weighted by atomic mass is 16.3. The maximum Gasteiger partial charge on any atom is 0.105 e. The number of furan rings is 1. The minimum absolute atomic E-state index is 0.222. The summed E-state index contributed by atoms with van der Waals surface area (Å²) in [4.78, 5) is 2.26. The van der Waals surface area contributed by atoms with Gasteiger partial charge in [0.05, 0.1) is 6.26 Å². The van der Waals surface area contributed by atoms with Crippen LogP contribution in [0.1, 0.15) is 30.2 Å². The van der Waals surface area contributed by atoms with Crippen LogP contribution in [0.3, 0.4) is 0 Å². The molecule has 1 aromatic carbocycles. The number of hydrogen-bond acceptors (Lipinski definition) is 3. The lowest BCUT2D eigenvalue weighted by molar-refractivity contribution is 0.529. The molecule has 0 radical (unpaired) electrons. The molecule has 0 aliphatic carbocycles. The highest BCUT2D eigenvalue weighted by molar-refractivity contribution is 5.53. The van der Waals surface area contributed by atoms with Crippen molar-refractivity contribution in [3.63, 3.8) is 0 Å². The van der Waals surface area contributed by atoms with Gasteiger partial charge in [-0.3, -0.25) is 0 Å². The van der Waals surface area contributed by atoms with Crippen LogP contribution in [0.5, 0.6) is 0 Å². The van der Waals surface area contributed by atoms with E-state index in [9.17, 15) is 0 Å². The Morgan fingerprint density at radius 1 is 1.20 bits per heavy atom. The van der Waals surface area contributed by atoms with E-state index in [1.54, 1.807) is 6.26 Å². The van der Waals surface area contributed by atoms with Crippen LogP contribution in [-0.2, 0) is 13.0 Å². The van der Waals surface area contributed by atoms with Gasteiger partial charge in [0.2, 0.25) is 0 Å². The van der Waals surface area contributed by atoms with Crippen LogP contribution in [0, 0.1) is 6.92 Å². The zero-order valence-corrected chi connectivity index (χ0v) is 12.6. The van der Waals surface area contributed by atoms with Crippen LogP contribution in [0.4, 0.5) is 5.69 Å². The maximum absolute atomic E-state index is 6.10. The number of hydrogen-bond donors (Lipinski definition) is 1. The molecule has 108 valence electrons. The summed E-state index contributed by atoms with van der Waals surface area (Å²) < 4.78 is 5.37. The summed E-state index contributed by atoms with van der Waals surface area (Å²) in [6.45, 7) is 4.98. The normalized spacial score (nSPS) is 12.4. The van der Waals surface area contributed by atoms with Crippen molar-refractivity contribution in [2.45, 2.75) is 39.3 Å². The zero-order chi connectivity index (χ0) is 14.5. The standard InChI is InChI=1S/C17H24N2O/c1-4-16(18)11-14-7-5-6-8-17(14)19(3)12-15-9-10-20-13(15)2/h5-10,16H,4,11-12,18H2,1-3H3. The Kier molecular flexibility index (Phi) is 4.85.